The van der Waals surface area contributed by atoms with Crippen molar-refractivity contribution in [3.8, 4) is 0 Å². The SMILES string of the molecule is C[C@](O)(CC(=O)NNC(=O)c1ccccn1)C(F)(F)F. The molecular formula is C11H12F3N3O3. The largest absolute Gasteiger partial charge is 0.417 e. The number of aliphatic hydroxyl groups is 1. The van der Waals surface area contributed by atoms with Crippen LogP contribution >= 0.6 is 0 Å². The second-order valence-electron chi connectivity index (χ2n) is 4.17. The maximum atomic E-state index is 12.3. The van der Waals surface area contributed by atoms with E-state index in [-0.39, 0.29) is 5.69 Å². The first kappa shape index (κ1) is 15.9. The van der Waals surface area contributed by atoms with Crippen molar-refractivity contribution in [3.63, 3.8) is 0 Å². The van der Waals surface area contributed by atoms with Gasteiger partial charge in [-0.15, -0.1) is 0 Å². The average molecular weight is 291 g/mol. The molecule has 0 bridgehead atoms. The molecule has 0 saturated heterocycles. The number of hydrogen-bond acceptors (Lipinski definition) is 4. The summed E-state index contributed by atoms with van der Waals surface area (Å²) in [5, 5.41) is 9.09. The third kappa shape index (κ3) is 4.19. The van der Waals surface area contributed by atoms with Crippen LogP contribution < -0.4 is 10.9 Å². The van der Waals surface area contributed by atoms with E-state index in [1.165, 1.54) is 18.3 Å². The van der Waals surface area contributed by atoms with E-state index in [1.807, 2.05) is 5.43 Å². The zero-order valence-electron chi connectivity index (χ0n) is 10.4. The number of pyridine rings is 1. The summed E-state index contributed by atoms with van der Waals surface area (Å²) in [7, 11) is 0. The molecule has 1 aromatic heterocycles. The third-order valence-electron chi connectivity index (χ3n) is 2.33. The van der Waals surface area contributed by atoms with Gasteiger partial charge in [-0.1, -0.05) is 6.07 Å². The molecule has 1 atom stereocenters. The third-order valence-corrected chi connectivity index (χ3v) is 2.33. The lowest BCUT2D eigenvalue weighted by atomic mass is 10.0. The molecule has 6 nitrogen and oxygen atoms in total. The van der Waals surface area contributed by atoms with E-state index in [9.17, 15) is 22.8 Å². The fourth-order valence-electron chi connectivity index (χ4n) is 1.14. The Morgan fingerprint density at radius 1 is 1.30 bits per heavy atom. The molecule has 0 spiro atoms. The van der Waals surface area contributed by atoms with Crippen LogP contribution in [-0.2, 0) is 4.79 Å². The minimum atomic E-state index is -4.95. The highest BCUT2D eigenvalue weighted by Gasteiger charge is 2.51. The molecule has 0 saturated carbocycles. The van der Waals surface area contributed by atoms with Crippen LogP contribution in [-0.4, -0.2) is 33.7 Å². The number of hydrogen-bond donors (Lipinski definition) is 3. The molecule has 20 heavy (non-hydrogen) atoms. The van der Waals surface area contributed by atoms with Crippen LogP contribution in [0.2, 0.25) is 0 Å². The molecular weight excluding hydrogens is 279 g/mol. The van der Waals surface area contributed by atoms with Gasteiger partial charge in [0.05, 0.1) is 6.42 Å². The van der Waals surface area contributed by atoms with Crippen molar-refractivity contribution < 1.29 is 27.9 Å². The van der Waals surface area contributed by atoms with Crippen molar-refractivity contribution in [1.82, 2.24) is 15.8 Å². The van der Waals surface area contributed by atoms with Gasteiger partial charge in [0.1, 0.15) is 5.69 Å². The molecule has 0 fully saturated rings. The second-order valence-corrected chi connectivity index (χ2v) is 4.17. The van der Waals surface area contributed by atoms with Crippen LogP contribution in [0, 0.1) is 0 Å². The fraction of sp³-hybridized carbons (Fsp3) is 0.364. The molecule has 0 unspecified atom stereocenters. The summed E-state index contributed by atoms with van der Waals surface area (Å²) < 4.78 is 37.0. The number of halogens is 3. The highest BCUT2D eigenvalue weighted by atomic mass is 19.4. The maximum Gasteiger partial charge on any atom is 0.417 e. The van der Waals surface area contributed by atoms with Gasteiger partial charge in [-0.25, -0.2) is 0 Å². The molecule has 1 aromatic rings. The van der Waals surface area contributed by atoms with E-state index in [1.54, 1.807) is 11.5 Å². The predicted molar refractivity (Wildman–Crippen MR) is 61.1 cm³/mol. The lowest BCUT2D eigenvalue weighted by Crippen LogP contribution is -2.49. The monoisotopic (exact) mass is 291 g/mol. The van der Waals surface area contributed by atoms with E-state index in [2.05, 4.69) is 4.98 Å². The molecule has 9 heteroatoms. The summed E-state index contributed by atoms with van der Waals surface area (Å²) in [5.74, 6) is -1.97. The van der Waals surface area contributed by atoms with Gasteiger partial charge in [-0.3, -0.25) is 25.4 Å². The molecule has 110 valence electrons. The van der Waals surface area contributed by atoms with Gasteiger partial charge in [-0.2, -0.15) is 13.2 Å². The zero-order valence-corrected chi connectivity index (χ0v) is 10.4. The minimum Gasteiger partial charge on any atom is -0.380 e. The van der Waals surface area contributed by atoms with E-state index in [4.69, 9.17) is 5.11 Å². The van der Waals surface area contributed by atoms with E-state index in [0.717, 1.165) is 0 Å². The summed E-state index contributed by atoms with van der Waals surface area (Å²) in [6.45, 7) is 0.465. The maximum absolute atomic E-state index is 12.3. The summed E-state index contributed by atoms with van der Waals surface area (Å²) in [6.07, 6.45) is -4.85. The van der Waals surface area contributed by atoms with Gasteiger partial charge in [0.2, 0.25) is 5.91 Å². The van der Waals surface area contributed by atoms with Crippen LogP contribution in [0.3, 0.4) is 0 Å². The lowest BCUT2D eigenvalue weighted by molar-refractivity contribution is -0.253. The van der Waals surface area contributed by atoms with Gasteiger partial charge < -0.3 is 5.11 Å². The first-order valence-corrected chi connectivity index (χ1v) is 5.43. The standard InChI is InChI=1S/C11H12F3N3O3/c1-10(20,11(12,13)14)6-8(18)16-17-9(19)7-4-2-3-5-15-7/h2-5,20H,6H2,1H3,(H,16,18)(H,17,19)/t10-/m0/s1. The smallest absolute Gasteiger partial charge is 0.380 e. The molecule has 3 N–H and O–H groups in total. The van der Waals surface area contributed by atoms with Crippen LogP contribution in [0.4, 0.5) is 13.2 Å². The molecule has 0 aliphatic carbocycles. The van der Waals surface area contributed by atoms with Gasteiger partial charge in [0.25, 0.3) is 5.91 Å². The Hall–Kier alpha value is -2.16. The van der Waals surface area contributed by atoms with Crippen molar-refractivity contribution in [2.45, 2.75) is 25.1 Å². The predicted octanol–water partition coefficient (Wildman–Crippen LogP) is 0.546. The molecule has 0 aliphatic heterocycles. The Balaban J connectivity index is 2.51. The number of nitrogens with one attached hydrogen (secondary N) is 2. The van der Waals surface area contributed by atoms with Gasteiger partial charge >= 0.3 is 6.18 Å². The Kier molecular flexibility index (Phi) is 4.66. The normalized spacial score (nSPS) is 14.2. The summed E-state index contributed by atoms with van der Waals surface area (Å²) in [4.78, 5) is 26.4. The number of alkyl halides is 3. The fourth-order valence-corrected chi connectivity index (χ4v) is 1.14. The number of hydrazine groups is 1. The number of carbonyl (C=O) groups excluding carboxylic acids is 2. The quantitative estimate of drug-likeness (QED) is 0.709. The average Bonchev–Trinajstić information content (AvgIpc) is 2.35. The van der Waals surface area contributed by atoms with Crippen molar-refractivity contribution in [2.24, 2.45) is 0 Å². The molecule has 1 rings (SSSR count). The molecule has 1 heterocycles. The summed E-state index contributed by atoms with van der Waals surface area (Å²) in [6, 6.07) is 4.45. The number of carbonyl (C=O) groups is 2. The lowest BCUT2D eigenvalue weighted by Gasteiger charge is -2.25. The Bertz CT molecular complexity index is 489. The Morgan fingerprint density at radius 2 is 1.95 bits per heavy atom. The van der Waals surface area contributed by atoms with Crippen LogP contribution in [0.15, 0.2) is 24.4 Å². The van der Waals surface area contributed by atoms with Crippen molar-refractivity contribution in [2.75, 3.05) is 0 Å². The van der Waals surface area contributed by atoms with E-state index in [0.29, 0.717) is 6.92 Å². The Labute approximate surface area is 112 Å². The first-order valence-electron chi connectivity index (χ1n) is 5.43. The summed E-state index contributed by atoms with van der Waals surface area (Å²) >= 11 is 0. The Morgan fingerprint density at radius 3 is 2.45 bits per heavy atom. The van der Waals surface area contributed by atoms with Gasteiger partial charge in [-0.05, 0) is 19.1 Å². The highest BCUT2D eigenvalue weighted by Crippen LogP contribution is 2.32. The molecule has 0 radical (unpaired) electrons. The first-order chi connectivity index (χ1) is 9.13. The number of amides is 2. The van der Waals surface area contributed by atoms with Gasteiger partial charge in [0, 0.05) is 6.20 Å². The molecule has 2 amide bonds. The second kappa shape index (κ2) is 5.87. The number of aromatic nitrogens is 1. The van der Waals surface area contributed by atoms with Crippen LogP contribution in [0.25, 0.3) is 0 Å². The van der Waals surface area contributed by atoms with Crippen LogP contribution in [0.5, 0.6) is 0 Å². The van der Waals surface area contributed by atoms with E-state index >= 15 is 0 Å². The zero-order chi connectivity index (χ0) is 15.4. The van der Waals surface area contributed by atoms with E-state index < -0.39 is 30.0 Å². The molecule has 0 aliphatic rings. The number of nitrogens with zero attached hydrogens (tertiary/aromatic N) is 1. The number of rotatable bonds is 3. The highest BCUT2D eigenvalue weighted by molar-refractivity contribution is 5.93. The van der Waals surface area contributed by atoms with Gasteiger partial charge in [0.15, 0.2) is 5.60 Å². The van der Waals surface area contributed by atoms with Crippen molar-refractivity contribution in [3.05, 3.63) is 30.1 Å². The molecule has 0 aromatic carbocycles. The van der Waals surface area contributed by atoms with Crippen molar-refractivity contribution in [1.29, 1.82) is 0 Å². The minimum absolute atomic E-state index is 0.0182. The summed E-state index contributed by atoms with van der Waals surface area (Å²) in [5.41, 5.74) is 0.472. The topological polar surface area (TPSA) is 91.3 Å². The van der Waals surface area contributed by atoms with Crippen molar-refractivity contribution >= 4 is 11.8 Å². The van der Waals surface area contributed by atoms with Crippen LogP contribution in [0.1, 0.15) is 23.8 Å².